The van der Waals surface area contributed by atoms with Gasteiger partial charge in [0.25, 0.3) is 0 Å². The van der Waals surface area contributed by atoms with Crippen LogP contribution in [0.3, 0.4) is 0 Å². The molecular formula is C7H13NO2. The molecule has 3 heteroatoms. The zero-order valence-electron chi connectivity index (χ0n) is 6.42. The summed E-state index contributed by atoms with van der Waals surface area (Å²) >= 11 is 0. The van der Waals surface area contributed by atoms with Crippen molar-refractivity contribution in [1.29, 1.82) is 0 Å². The molecule has 0 atom stereocenters. The third-order valence-corrected chi connectivity index (χ3v) is 0.941. The molecule has 0 saturated carbocycles. The molecule has 0 aromatic heterocycles. The summed E-state index contributed by atoms with van der Waals surface area (Å²) < 4.78 is 0. The normalized spacial score (nSPS) is 9.90. The molecule has 0 aromatic rings. The summed E-state index contributed by atoms with van der Waals surface area (Å²) in [6, 6.07) is 0. The van der Waals surface area contributed by atoms with Gasteiger partial charge in [0, 0.05) is 6.54 Å². The number of carboxylic acid groups (broad SMARTS) is 1. The van der Waals surface area contributed by atoms with Crippen molar-refractivity contribution in [2.75, 3.05) is 20.6 Å². The van der Waals surface area contributed by atoms with E-state index in [2.05, 4.69) is 6.58 Å². The molecule has 0 aliphatic carbocycles. The molecule has 0 unspecified atom stereocenters. The molecule has 0 rings (SSSR count). The van der Waals surface area contributed by atoms with Crippen LogP contribution in [0, 0.1) is 0 Å². The summed E-state index contributed by atoms with van der Waals surface area (Å²) in [5, 5.41) is 8.32. The predicted molar refractivity (Wildman–Crippen MR) is 39.9 cm³/mol. The molecule has 0 bridgehead atoms. The highest BCUT2D eigenvalue weighted by Crippen LogP contribution is 1.97. The van der Waals surface area contributed by atoms with E-state index in [1.807, 2.05) is 19.0 Å². The molecule has 10 heavy (non-hydrogen) atoms. The number of hydrogen-bond acceptors (Lipinski definition) is 2. The van der Waals surface area contributed by atoms with Gasteiger partial charge >= 0.3 is 5.97 Å². The van der Waals surface area contributed by atoms with Gasteiger partial charge in [0.2, 0.25) is 0 Å². The fourth-order valence-corrected chi connectivity index (χ4v) is 0.717. The van der Waals surface area contributed by atoms with E-state index in [1.54, 1.807) is 0 Å². The van der Waals surface area contributed by atoms with Crippen LogP contribution in [-0.2, 0) is 4.79 Å². The van der Waals surface area contributed by atoms with Crippen molar-refractivity contribution in [3.05, 3.63) is 12.2 Å². The number of carboxylic acids is 1. The smallest absolute Gasteiger partial charge is 0.307 e. The van der Waals surface area contributed by atoms with Gasteiger partial charge in [0.1, 0.15) is 0 Å². The zero-order valence-corrected chi connectivity index (χ0v) is 6.42. The molecule has 0 saturated heterocycles. The molecule has 3 nitrogen and oxygen atoms in total. The molecule has 0 spiro atoms. The standard InChI is InChI=1S/C7H13NO2/c1-6(4-7(9)10)5-8(2)3/h1,4-5H2,2-3H3,(H,9,10). The Labute approximate surface area is 61.0 Å². The van der Waals surface area contributed by atoms with Crippen molar-refractivity contribution < 1.29 is 9.90 Å². The van der Waals surface area contributed by atoms with Gasteiger partial charge in [0.05, 0.1) is 6.42 Å². The van der Waals surface area contributed by atoms with Crippen molar-refractivity contribution in [1.82, 2.24) is 4.90 Å². The van der Waals surface area contributed by atoms with Crippen LogP contribution in [0.2, 0.25) is 0 Å². The van der Waals surface area contributed by atoms with Crippen molar-refractivity contribution in [2.45, 2.75) is 6.42 Å². The first-order chi connectivity index (χ1) is 4.52. The van der Waals surface area contributed by atoms with Crippen LogP contribution in [0.4, 0.5) is 0 Å². The Morgan fingerprint density at radius 2 is 2.10 bits per heavy atom. The highest BCUT2D eigenvalue weighted by molar-refractivity contribution is 5.69. The first-order valence-electron chi connectivity index (χ1n) is 3.05. The van der Waals surface area contributed by atoms with Gasteiger partial charge in [0.15, 0.2) is 0 Å². The van der Waals surface area contributed by atoms with Crippen molar-refractivity contribution in [3.63, 3.8) is 0 Å². The van der Waals surface area contributed by atoms with Crippen molar-refractivity contribution in [3.8, 4) is 0 Å². The van der Waals surface area contributed by atoms with Gasteiger partial charge < -0.3 is 10.0 Å². The van der Waals surface area contributed by atoms with Crippen LogP contribution in [0.1, 0.15) is 6.42 Å². The lowest BCUT2D eigenvalue weighted by molar-refractivity contribution is -0.136. The molecule has 0 heterocycles. The van der Waals surface area contributed by atoms with Gasteiger partial charge in [-0.25, -0.2) is 0 Å². The van der Waals surface area contributed by atoms with Gasteiger partial charge in [-0.2, -0.15) is 0 Å². The van der Waals surface area contributed by atoms with E-state index in [0.717, 1.165) is 5.57 Å². The third-order valence-electron chi connectivity index (χ3n) is 0.941. The minimum atomic E-state index is -0.813. The number of likely N-dealkylation sites (N-methyl/N-ethyl adjacent to an activating group) is 1. The minimum Gasteiger partial charge on any atom is -0.481 e. The Balaban J connectivity index is 3.54. The maximum Gasteiger partial charge on any atom is 0.307 e. The van der Waals surface area contributed by atoms with E-state index in [9.17, 15) is 4.79 Å². The molecule has 0 fully saturated rings. The van der Waals surface area contributed by atoms with Crippen molar-refractivity contribution in [2.24, 2.45) is 0 Å². The summed E-state index contributed by atoms with van der Waals surface area (Å²) in [4.78, 5) is 12.0. The number of hydrogen-bond donors (Lipinski definition) is 1. The fourth-order valence-electron chi connectivity index (χ4n) is 0.717. The summed E-state index contributed by atoms with van der Waals surface area (Å²) in [5.41, 5.74) is 0.734. The molecule has 58 valence electrons. The SMILES string of the molecule is C=C(CC(=O)O)CN(C)C. The van der Waals surface area contributed by atoms with Crippen LogP contribution in [0.15, 0.2) is 12.2 Å². The van der Waals surface area contributed by atoms with Gasteiger partial charge in [-0.3, -0.25) is 4.79 Å². The number of aliphatic carboxylic acids is 1. The molecule has 0 radical (unpaired) electrons. The minimum absolute atomic E-state index is 0.0676. The lowest BCUT2D eigenvalue weighted by Gasteiger charge is -2.09. The first-order valence-corrected chi connectivity index (χ1v) is 3.05. The van der Waals surface area contributed by atoms with E-state index in [0.29, 0.717) is 6.54 Å². The van der Waals surface area contributed by atoms with E-state index in [-0.39, 0.29) is 6.42 Å². The summed E-state index contributed by atoms with van der Waals surface area (Å²) in [6.45, 7) is 4.26. The van der Waals surface area contributed by atoms with Crippen LogP contribution >= 0.6 is 0 Å². The maximum absolute atomic E-state index is 10.1. The van der Waals surface area contributed by atoms with E-state index in [4.69, 9.17) is 5.11 Å². The molecule has 0 aliphatic rings. The van der Waals surface area contributed by atoms with Gasteiger partial charge in [-0.15, -0.1) is 0 Å². The Bertz CT molecular complexity index is 141. The Morgan fingerprint density at radius 1 is 1.60 bits per heavy atom. The topological polar surface area (TPSA) is 40.5 Å². The molecule has 0 amide bonds. The first kappa shape index (κ1) is 9.17. The monoisotopic (exact) mass is 143 g/mol. The predicted octanol–water partition coefficient (Wildman–Crippen LogP) is 0.579. The second kappa shape index (κ2) is 4.06. The van der Waals surface area contributed by atoms with E-state index >= 15 is 0 Å². The fraction of sp³-hybridized carbons (Fsp3) is 0.571. The quantitative estimate of drug-likeness (QED) is 0.585. The van der Waals surface area contributed by atoms with Gasteiger partial charge in [-0.1, -0.05) is 12.2 Å². The van der Waals surface area contributed by atoms with Crippen LogP contribution in [-0.4, -0.2) is 36.6 Å². The van der Waals surface area contributed by atoms with Crippen LogP contribution in [0.25, 0.3) is 0 Å². The number of rotatable bonds is 4. The second-order valence-corrected chi connectivity index (χ2v) is 2.56. The van der Waals surface area contributed by atoms with E-state index < -0.39 is 5.97 Å². The largest absolute Gasteiger partial charge is 0.481 e. The average molecular weight is 143 g/mol. The summed E-state index contributed by atoms with van der Waals surface area (Å²) in [6.07, 6.45) is 0.0676. The molecule has 0 aliphatic heterocycles. The summed E-state index contributed by atoms with van der Waals surface area (Å²) in [5.74, 6) is -0.813. The third kappa shape index (κ3) is 5.31. The number of carbonyl (C=O) groups is 1. The molecular weight excluding hydrogens is 130 g/mol. The Kier molecular flexibility index (Phi) is 3.72. The maximum atomic E-state index is 10.1. The van der Waals surface area contributed by atoms with Crippen LogP contribution < -0.4 is 0 Å². The second-order valence-electron chi connectivity index (χ2n) is 2.56. The highest BCUT2D eigenvalue weighted by atomic mass is 16.4. The lowest BCUT2D eigenvalue weighted by Crippen LogP contribution is -2.16. The van der Waals surface area contributed by atoms with E-state index in [1.165, 1.54) is 0 Å². The summed E-state index contributed by atoms with van der Waals surface area (Å²) in [7, 11) is 3.76. The highest BCUT2D eigenvalue weighted by Gasteiger charge is 2.01. The Morgan fingerprint density at radius 3 is 2.40 bits per heavy atom. The molecule has 0 aromatic carbocycles. The lowest BCUT2D eigenvalue weighted by atomic mass is 10.2. The van der Waals surface area contributed by atoms with Crippen molar-refractivity contribution >= 4 is 5.97 Å². The van der Waals surface area contributed by atoms with Crippen LogP contribution in [0.5, 0.6) is 0 Å². The Hall–Kier alpha value is -0.830. The van der Waals surface area contributed by atoms with Gasteiger partial charge in [-0.05, 0) is 14.1 Å². The molecule has 1 N–H and O–H groups in total. The number of nitrogens with zero attached hydrogens (tertiary/aromatic N) is 1. The zero-order chi connectivity index (χ0) is 8.15. The average Bonchev–Trinajstić information content (AvgIpc) is 1.58.